The Morgan fingerprint density at radius 3 is 0.887 bits per heavy atom. The molecule has 0 aromatic heterocycles. The first-order chi connectivity index (χ1) is 39.5. The van der Waals surface area contributed by atoms with E-state index in [0.717, 1.165) is 44.9 Å². The SMILES string of the molecule is CCCCCCCCC/C=C\CCCCCCCC(=O)OCCCCCCCCCCCCCC/C=C\CCCCCCCCCC(=O)NC(CO)C(O)CCCCCCCCCCCCCCCCCCCCCCCCCC. The molecule has 6 heteroatoms. The highest BCUT2D eigenvalue weighted by atomic mass is 16.5. The number of allylic oxidation sites excluding steroid dienone is 4. The van der Waals surface area contributed by atoms with Crippen LogP contribution in [0.4, 0.5) is 0 Å². The number of carbonyl (C=O) groups excluding carboxylic acids is 2. The molecular formula is C74H143NO5. The Morgan fingerprint density at radius 1 is 0.338 bits per heavy atom. The molecule has 2 unspecified atom stereocenters. The third kappa shape index (κ3) is 65.5. The van der Waals surface area contributed by atoms with Crippen LogP contribution in [-0.2, 0) is 14.3 Å². The van der Waals surface area contributed by atoms with Gasteiger partial charge in [0.15, 0.2) is 0 Å². The number of ether oxygens (including phenoxy) is 1. The molecule has 0 radical (unpaired) electrons. The smallest absolute Gasteiger partial charge is 0.305 e. The van der Waals surface area contributed by atoms with Gasteiger partial charge >= 0.3 is 5.97 Å². The first kappa shape index (κ1) is 78.3. The largest absolute Gasteiger partial charge is 0.466 e. The van der Waals surface area contributed by atoms with Gasteiger partial charge in [-0.3, -0.25) is 9.59 Å². The van der Waals surface area contributed by atoms with Crippen LogP contribution in [-0.4, -0.2) is 47.4 Å². The second-order valence-electron chi connectivity index (χ2n) is 25.3. The first-order valence-electron chi connectivity index (χ1n) is 36.6. The summed E-state index contributed by atoms with van der Waals surface area (Å²) in [5.74, 6) is -0.0313. The summed E-state index contributed by atoms with van der Waals surface area (Å²) in [5, 5.41) is 23.4. The number of hydrogen-bond donors (Lipinski definition) is 3. The molecule has 2 atom stereocenters. The number of esters is 1. The highest BCUT2D eigenvalue weighted by Gasteiger charge is 2.20. The molecule has 1 amide bonds. The molecule has 0 fully saturated rings. The fourth-order valence-corrected chi connectivity index (χ4v) is 11.6. The van der Waals surface area contributed by atoms with E-state index in [4.69, 9.17) is 4.74 Å². The van der Waals surface area contributed by atoms with Crippen molar-refractivity contribution in [3.05, 3.63) is 24.3 Å². The fourth-order valence-electron chi connectivity index (χ4n) is 11.6. The summed E-state index contributed by atoms with van der Waals surface area (Å²) < 4.78 is 5.49. The molecule has 0 bridgehead atoms. The van der Waals surface area contributed by atoms with E-state index in [-0.39, 0.29) is 18.5 Å². The van der Waals surface area contributed by atoms with Gasteiger partial charge in [0.1, 0.15) is 0 Å². The normalized spacial score (nSPS) is 12.6. The van der Waals surface area contributed by atoms with Gasteiger partial charge in [0.25, 0.3) is 0 Å². The Balaban J connectivity index is 3.40. The van der Waals surface area contributed by atoms with Crippen molar-refractivity contribution >= 4 is 11.9 Å². The molecule has 0 rings (SSSR count). The number of aliphatic hydroxyl groups excluding tert-OH is 2. The minimum Gasteiger partial charge on any atom is -0.466 e. The van der Waals surface area contributed by atoms with Crippen molar-refractivity contribution in [2.24, 2.45) is 0 Å². The molecule has 80 heavy (non-hydrogen) atoms. The molecule has 474 valence electrons. The number of nitrogens with one attached hydrogen (secondary N) is 1. The summed E-state index contributed by atoms with van der Waals surface area (Å²) >= 11 is 0. The molecule has 0 aromatic rings. The summed E-state index contributed by atoms with van der Waals surface area (Å²) in [5.41, 5.74) is 0. The molecule has 0 aromatic carbocycles. The number of hydrogen-bond acceptors (Lipinski definition) is 5. The zero-order valence-electron chi connectivity index (χ0n) is 54.3. The van der Waals surface area contributed by atoms with Crippen molar-refractivity contribution < 1.29 is 24.5 Å². The van der Waals surface area contributed by atoms with Crippen LogP contribution in [0.1, 0.15) is 412 Å². The van der Waals surface area contributed by atoms with Crippen LogP contribution in [0.2, 0.25) is 0 Å². The maximum Gasteiger partial charge on any atom is 0.305 e. The standard InChI is InChI=1S/C74H143NO5/c1-3-5-7-9-11-13-15-17-19-21-22-23-24-26-29-32-35-38-42-46-50-54-58-62-66-72(77)71(70-76)75-73(78)67-63-59-55-51-47-43-39-36-33-30-27-25-28-31-34-37-41-45-49-53-57-61-65-69-80-74(79)68-64-60-56-52-48-44-40-20-18-16-14-12-10-8-6-4-2/h20,30,33,40,71-72,76-77H,3-19,21-29,31-32,34-39,41-70H2,1-2H3,(H,75,78)/b33-30-,40-20-. The highest BCUT2D eigenvalue weighted by Crippen LogP contribution is 2.19. The van der Waals surface area contributed by atoms with Gasteiger partial charge in [-0.05, 0) is 77.0 Å². The third-order valence-corrected chi connectivity index (χ3v) is 17.2. The predicted molar refractivity (Wildman–Crippen MR) is 352 cm³/mol. The summed E-state index contributed by atoms with van der Waals surface area (Å²) in [6.07, 6.45) is 88.0. The van der Waals surface area contributed by atoms with E-state index in [1.54, 1.807) is 0 Å². The average Bonchev–Trinajstić information content (AvgIpc) is 3.46. The quantitative estimate of drug-likeness (QED) is 0.0320. The van der Waals surface area contributed by atoms with E-state index in [0.29, 0.717) is 25.9 Å². The molecule has 3 N–H and O–H groups in total. The molecule has 0 spiro atoms. The number of unbranched alkanes of at least 4 members (excludes halogenated alkanes) is 54. The van der Waals surface area contributed by atoms with Crippen molar-refractivity contribution in [2.75, 3.05) is 13.2 Å². The zero-order chi connectivity index (χ0) is 57.8. The average molecular weight is 1130 g/mol. The second-order valence-corrected chi connectivity index (χ2v) is 25.3. The Morgan fingerprint density at radius 2 is 0.588 bits per heavy atom. The Labute approximate surface area is 501 Å². The molecule has 0 saturated heterocycles. The van der Waals surface area contributed by atoms with Crippen LogP contribution in [0.15, 0.2) is 24.3 Å². The minimum absolute atomic E-state index is 0.00521. The second kappa shape index (κ2) is 69.8. The van der Waals surface area contributed by atoms with Gasteiger partial charge in [-0.1, -0.05) is 346 Å². The lowest BCUT2D eigenvalue weighted by atomic mass is 10.0. The minimum atomic E-state index is -0.670. The van der Waals surface area contributed by atoms with Crippen LogP contribution in [0.5, 0.6) is 0 Å². The summed E-state index contributed by atoms with van der Waals surface area (Å²) in [7, 11) is 0. The van der Waals surface area contributed by atoms with Gasteiger partial charge < -0.3 is 20.3 Å². The van der Waals surface area contributed by atoms with E-state index in [9.17, 15) is 19.8 Å². The van der Waals surface area contributed by atoms with Gasteiger partial charge in [0.05, 0.1) is 25.4 Å². The number of rotatable bonds is 69. The van der Waals surface area contributed by atoms with Crippen molar-refractivity contribution in [1.82, 2.24) is 5.32 Å². The van der Waals surface area contributed by atoms with Gasteiger partial charge in [-0.25, -0.2) is 0 Å². The molecule has 0 heterocycles. The van der Waals surface area contributed by atoms with E-state index < -0.39 is 12.1 Å². The molecule has 0 aliphatic heterocycles. The van der Waals surface area contributed by atoms with Crippen LogP contribution >= 0.6 is 0 Å². The summed E-state index contributed by atoms with van der Waals surface area (Å²) in [4.78, 5) is 24.6. The third-order valence-electron chi connectivity index (χ3n) is 17.2. The number of amides is 1. The van der Waals surface area contributed by atoms with Crippen molar-refractivity contribution in [2.45, 2.75) is 424 Å². The lowest BCUT2D eigenvalue weighted by Crippen LogP contribution is -2.45. The van der Waals surface area contributed by atoms with Crippen molar-refractivity contribution in [3.8, 4) is 0 Å². The van der Waals surface area contributed by atoms with Gasteiger partial charge in [0, 0.05) is 12.8 Å². The zero-order valence-corrected chi connectivity index (χ0v) is 54.3. The lowest BCUT2D eigenvalue weighted by Gasteiger charge is -2.22. The summed E-state index contributed by atoms with van der Waals surface area (Å²) in [6.45, 7) is 4.98. The molecule has 0 aliphatic rings. The molecule has 0 aliphatic carbocycles. The monoisotopic (exact) mass is 1130 g/mol. The van der Waals surface area contributed by atoms with Crippen LogP contribution in [0.25, 0.3) is 0 Å². The predicted octanol–water partition coefficient (Wildman–Crippen LogP) is 23.7. The number of aliphatic hydroxyl groups is 2. The van der Waals surface area contributed by atoms with Crippen molar-refractivity contribution in [1.29, 1.82) is 0 Å². The van der Waals surface area contributed by atoms with Crippen molar-refractivity contribution in [3.63, 3.8) is 0 Å². The van der Waals surface area contributed by atoms with E-state index >= 15 is 0 Å². The summed E-state index contributed by atoms with van der Waals surface area (Å²) in [6, 6.07) is -0.548. The molecular weight excluding hydrogens is 983 g/mol. The van der Waals surface area contributed by atoms with E-state index in [1.807, 2.05) is 0 Å². The fraction of sp³-hybridized carbons (Fsp3) is 0.919. The number of carbonyl (C=O) groups is 2. The van der Waals surface area contributed by atoms with E-state index in [1.165, 1.54) is 334 Å². The molecule has 6 nitrogen and oxygen atoms in total. The van der Waals surface area contributed by atoms with Gasteiger partial charge in [-0.2, -0.15) is 0 Å². The Bertz CT molecular complexity index is 1250. The maximum absolute atomic E-state index is 12.6. The highest BCUT2D eigenvalue weighted by molar-refractivity contribution is 5.76. The Hall–Kier alpha value is -1.66. The molecule has 0 saturated carbocycles. The van der Waals surface area contributed by atoms with Gasteiger partial charge in [-0.15, -0.1) is 0 Å². The first-order valence-corrected chi connectivity index (χ1v) is 36.6. The maximum atomic E-state index is 12.6. The van der Waals surface area contributed by atoms with Crippen LogP contribution < -0.4 is 5.32 Å². The lowest BCUT2D eigenvalue weighted by molar-refractivity contribution is -0.143. The van der Waals surface area contributed by atoms with Gasteiger partial charge in [0.2, 0.25) is 5.91 Å². The topological polar surface area (TPSA) is 95.9 Å². The van der Waals surface area contributed by atoms with E-state index in [2.05, 4.69) is 43.5 Å². The van der Waals surface area contributed by atoms with Crippen LogP contribution in [0.3, 0.4) is 0 Å². The Kier molecular flexibility index (Phi) is 68.4. The van der Waals surface area contributed by atoms with Crippen LogP contribution in [0, 0.1) is 0 Å².